The third-order valence-electron chi connectivity index (χ3n) is 10.1. The van der Waals surface area contributed by atoms with Crippen molar-refractivity contribution in [2.24, 2.45) is 0 Å². The highest BCUT2D eigenvalue weighted by Crippen LogP contribution is 2.24. The highest BCUT2D eigenvalue weighted by atomic mass is 15.4. The van der Waals surface area contributed by atoms with Gasteiger partial charge in [0.25, 0.3) is 0 Å². The summed E-state index contributed by atoms with van der Waals surface area (Å²) in [6.07, 6.45) is 52.9. The van der Waals surface area contributed by atoms with Gasteiger partial charge in [-0.15, -0.1) is 0 Å². The van der Waals surface area contributed by atoms with Crippen molar-refractivity contribution in [2.75, 3.05) is 13.1 Å². The summed E-state index contributed by atoms with van der Waals surface area (Å²) in [6.45, 7) is 9.48. The number of rotatable bonds is 35. The van der Waals surface area contributed by atoms with Crippen LogP contribution in [0.25, 0.3) is 0 Å². The Balaban J connectivity index is 2.23. The SMILES string of the molecule is CCCCCCCCCCCCCCC1N(CCCCCCCCCCC)C=CN1CCCCCCCCCCCCC. The van der Waals surface area contributed by atoms with Crippen molar-refractivity contribution in [1.82, 2.24) is 9.80 Å². The van der Waals surface area contributed by atoms with E-state index in [9.17, 15) is 0 Å². The third-order valence-corrected chi connectivity index (χ3v) is 10.1. The number of hydrogen-bond donors (Lipinski definition) is 0. The maximum atomic E-state index is 2.72. The van der Waals surface area contributed by atoms with Crippen molar-refractivity contribution in [3.05, 3.63) is 12.4 Å². The third kappa shape index (κ3) is 25.2. The zero-order valence-corrected chi connectivity index (χ0v) is 30.4. The summed E-state index contributed by atoms with van der Waals surface area (Å²) in [4.78, 5) is 5.44. The lowest BCUT2D eigenvalue weighted by molar-refractivity contribution is 0.135. The quantitative estimate of drug-likeness (QED) is 0.0666. The Labute approximate surface area is 273 Å². The topological polar surface area (TPSA) is 6.48 Å². The minimum Gasteiger partial charge on any atom is -0.356 e. The molecule has 0 saturated heterocycles. The van der Waals surface area contributed by atoms with Crippen LogP contribution in [0.2, 0.25) is 0 Å². The summed E-state index contributed by atoms with van der Waals surface area (Å²) >= 11 is 0. The molecule has 256 valence electrons. The molecule has 1 aliphatic heterocycles. The summed E-state index contributed by atoms with van der Waals surface area (Å²) in [7, 11) is 0. The molecular weight excluding hydrogens is 520 g/mol. The van der Waals surface area contributed by atoms with E-state index in [-0.39, 0.29) is 0 Å². The second kappa shape index (κ2) is 32.7. The van der Waals surface area contributed by atoms with Crippen molar-refractivity contribution < 1.29 is 0 Å². The highest BCUT2D eigenvalue weighted by Gasteiger charge is 2.24. The first kappa shape index (κ1) is 40.4. The van der Waals surface area contributed by atoms with Crippen LogP contribution in [0.1, 0.15) is 233 Å². The lowest BCUT2D eigenvalue weighted by Crippen LogP contribution is -2.39. The van der Waals surface area contributed by atoms with Crippen LogP contribution in [0.15, 0.2) is 12.4 Å². The molecule has 0 aromatic heterocycles. The molecule has 1 atom stereocenters. The molecule has 0 N–H and O–H groups in total. The molecule has 0 saturated carbocycles. The first-order valence-electron chi connectivity index (χ1n) is 20.5. The van der Waals surface area contributed by atoms with Crippen LogP contribution in [0, 0.1) is 0 Å². The van der Waals surface area contributed by atoms with Crippen molar-refractivity contribution in [3.8, 4) is 0 Å². The second-order valence-electron chi connectivity index (χ2n) is 14.3. The minimum atomic E-state index is 0.639. The van der Waals surface area contributed by atoms with Crippen molar-refractivity contribution in [1.29, 1.82) is 0 Å². The number of unbranched alkanes of at least 4 members (excludes halogenated alkanes) is 29. The fourth-order valence-electron chi connectivity index (χ4n) is 7.07. The van der Waals surface area contributed by atoms with E-state index in [0.29, 0.717) is 6.17 Å². The largest absolute Gasteiger partial charge is 0.356 e. The van der Waals surface area contributed by atoms with Gasteiger partial charge in [-0.2, -0.15) is 0 Å². The van der Waals surface area contributed by atoms with Crippen LogP contribution in [-0.2, 0) is 0 Å². The van der Waals surface area contributed by atoms with Gasteiger partial charge < -0.3 is 9.80 Å². The Morgan fingerprint density at radius 1 is 0.302 bits per heavy atom. The zero-order chi connectivity index (χ0) is 30.9. The van der Waals surface area contributed by atoms with Gasteiger partial charge in [0.05, 0.1) is 0 Å². The fraction of sp³-hybridized carbons (Fsp3) is 0.951. The van der Waals surface area contributed by atoms with Gasteiger partial charge in [0.1, 0.15) is 6.17 Å². The summed E-state index contributed by atoms with van der Waals surface area (Å²) in [6, 6.07) is 0. The van der Waals surface area contributed by atoms with E-state index in [0.717, 1.165) is 0 Å². The predicted molar refractivity (Wildman–Crippen MR) is 196 cm³/mol. The maximum absolute atomic E-state index is 2.72. The van der Waals surface area contributed by atoms with Crippen molar-refractivity contribution in [3.63, 3.8) is 0 Å². The molecule has 0 aromatic rings. The predicted octanol–water partition coefficient (Wildman–Crippen LogP) is 14.3. The summed E-state index contributed by atoms with van der Waals surface area (Å²) in [5.41, 5.74) is 0. The minimum absolute atomic E-state index is 0.639. The Morgan fingerprint density at radius 3 is 0.814 bits per heavy atom. The number of nitrogens with zero attached hydrogens (tertiary/aromatic N) is 2. The molecular formula is C41H82N2. The summed E-state index contributed by atoms with van der Waals surface area (Å²) < 4.78 is 0. The van der Waals surface area contributed by atoms with Crippen LogP contribution >= 0.6 is 0 Å². The molecule has 1 unspecified atom stereocenters. The van der Waals surface area contributed by atoms with E-state index in [4.69, 9.17) is 0 Å². The van der Waals surface area contributed by atoms with Crippen LogP contribution in [0.4, 0.5) is 0 Å². The molecule has 0 bridgehead atoms. The van der Waals surface area contributed by atoms with Gasteiger partial charge in [-0.1, -0.05) is 207 Å². The lowest BCUT2D eigenvalue weighted by Gasteiger charge is -2.33. The molecule has 0 fully saturated rings. The van der Waals surface area contributed by atoms with E-state index >= 15 is 0 Å². The molecule has 0 amide bonds. The molecule has 0 aliphatic carbocycles. The first-order valence-corrected chi connectivity index (χ1v) is 20.5. The van der Waals surface area contributed by atoms with Gasteiger partial charge >= 0.3 is 0 Å². The average Bonchev–Trinajstić information content (AvgIpc) is 3.40. The normalized spacial score (nSPS) is 14.9. The van der Waals surface area contributed by atoms with Gasteiger partial charge in [0, 0.05) is 25.5 Å². The molecule has 0 radical (unpaired) electrons. The molecule has 2 nitrogen and oxygen atoms in total. The first-order chi connectivity index (χ1) is 21.3. The Kier molecular flexibility index (Phi) is 30.7. The van der Waals surface area contributed by atoms with Crippen molar-refractivity contribution >= 4 is 0 Å². The molecule has 0 aromatic carbocycles. The van der Waals surface area contributed by atoms with Gasteiger partial charge in [0.15, 0.2) is 0 Å². The molecule has 0 spiro atoms. The van der Waals surface area contributed by atoms with E-state index < -0.39 is 0 Å². The molecule has 43 heavy (non-hydrogen) atoms. The van der Waals surface area contributed by atoms with E-state index in [1.165, 1.54) is 225 Å². The number of hydrogen-bond acceptors (Lipinski definition) is 2. The standard InChI is InChI=1S/C41H82N2/c1-4-7-10-13-16-19-21-22-24-27-30-33-36-41-42(37-34-31-28-25-18-15-12-9-6-3)39-40-43(41)38-35-32-29-26-23-20-17-14-11-8-5-2/h39-41H,4-38H2,1-3H3. The highest BCUT2D eigenvalue weighted by molar-refractivity contribution is 4.97. The Bertz CT molecular complexity index is 558. The molecule has 2 heteroatoms. The van der Waals surface area contributed by atoms with Gasteiger partial charge in [-0.25, -0.2) is 0 Å². The van der Waals surface area contributed by atoms with Gasteiger partial charge in [0.2, 0.25) is 0 Å². The van der Waals surface area contributed by atoms with Crippen LogP contribution < -0.4 is 0 Å². The van der Waals surface area contributed by atoms with Crippen molar-refractivity contribution in [2.45, 2.75) is 239 Å². The van der Waals surface area contributed by atoms with Crippen LogP contribution in [-0.4, -0.2) is 29.1 Å². The smallest absolute Gasteiger partial charge is 0.101 e. The maximum Gasteiger partial charge on any atom is 0.101 e. The van der Waals surface area contributed by atoms with E-state index in [2.05, 4.69) is 43.0 Å². The average molecular weight is 603 g/mol. The molecule has 1 heterocycles. The van der Waals surface area contributed by atoms with E-state index in [1.807, 2.05) is 0 Å². The molecule has 1 rings (SSSR count). The van der Waals surface area contributed by atoms with Crippen LogP contribution in [0.3, 0.4) is 0 Å². The Hall–Kier alpha value is -0.660. The lowest BCUT2D eigenvalue weighted by atomic mass is 10.0. The zero-order valence-electron chi connectivity index (χ0n) is 30.4. The van der Waals surface area contributed by atoms with Gasteiger partial charge in [-0.3, -0.25) is 0 Å². The fourth-order valence-corrected chi connectivity index (χ4v) is 7.07. The monoisotopic (exact) mass is 603 g/mol. The Morgan fingerprint density at radius 2 is 0.535 bits per heavy atom. The summed E-state index contributed by atoms with van der Waals surface area (Å²) in [5, 5.41) is 0. The molecule has 1 aliphatic rings. The van der Waals surface area contributed by atoms with Gasteiger partial charge in [-0.05, 0) is 25.7 Å². The second-order valence-corrected chi connectivity index (χ2v) is 14.3. The summed E-state index contributed by atoms with van der Waals surface area (Å²) in [5.74, 6) is 0. The van der Waals surface area contributed by atoms with Crippen LogP contribution in [0.5, 0.6) is 0 Å². The van der Waals surface area contributed by atoms with E-state index in [1.54, 1.807) is 0 Å².